The van der Waals surface area contributed by atoms with E-state index in [4.69, 9.17) is 0 Å². The molecule has 2 rings (SSSR count). The van der Waals surface area contributed by atoms with E-state index in [0.717, 1.165) is 64.7 Å². The van der Waals surface area contributed by atoms with Crippen LogP contribution in [-0.4, -0.2) is 48.2 Å². The second kappa shape index (κ2) is 6.02. The lowest BCUT2D eigenvalue weighted by Gasteiger charge is -2.42. The van der Waals surface area contributed by atoms with E-state index in [1.165, 1.54) is 0 Å². The summed E-state index contributed by atoms with van der Waals surface area (Å²) in [6.45, 7) is 5.48. The van der Waals surface area contributed by atoms with Gasteiger partial charge in [-0.3, -0.25) is 4.79 Å². The average Bonchev–Trinajstić information content (AvgIpc) is 2.40. The first-order valence-corrected chi connectivity index (χ1v) is 7.36. The van der Waals surface area contributed by atoms with Crippen molar-refractivity contribution in [1.82, 2.24) is 10.2 Å². The van der Waals surface area contributed by atoms with Gasteiger partial charge in [0.25, 0.3) is 0 Å². The smallest absolute Gasteiger partial charge is 0.230 e. The number of nitrogens with zero attached hydrogens (tertiary/aromatic N) is 1. The van der Waals surface area contributed by atoms with Crippen LogP contribution >= 0.6 is 0 Å². The van der Waals surface area contributed by atoms with Gasteiger partial charge in [-0.2, -0.15) is 0 Å². The van der Waals surface area contributed by atoms with Crippen molar-refractivity contribution in [3.05, 3.63) is 0 Å². The molecule has 2 N–H and O–H groups in total. The number of piperidine rings is 2. The van der Waals surface area contributed by atoms with Crippen LogP contribution in [0.5, 0.6) is 0 Å². The minimum absolute atomic E-state index is 0.171. The van der Waals surface area contributed by atoms with Gasteiger partial charge in [-0.15, -0.1) is 0 Å². The van der Waals surface area contributed by atoms with Crippen LogP contribution in [0.4, 0.5) is 0 Å². The van der Waals surface area contributed by atoms with E-state index in [-0.39, 0.29) is 11.5 Å². The molecule has 2 heterocycles. The van der Waals surface area contributed by atoms with Gasteiger partial charge in [-0.25, -0.2) is 0 Å². The Balaban J connectivity index is 2.03. The molecular weight excluding hydrogens is 228 g/mol. The number of aliphatic hydroxyl groups excluding tert-OH is 1. The second-order valence-corrected chi connectivity index (χ2v) is 5.83. The monoisotopic (exact) mass is 254 g/mol. The van der Waals surface area contributed by atoms with Gasteiger partial charge in [0.15, 0.2) is 0 Å². The molecule has 0 aromatic carbocycles. The highest BCUT2D eigenvalue weighted by molar-refractivity contribution is 5.83. The number of hydrogen-bond acceptors (Lipinski definition) is 3. The lowest BCUT2D eigenvalue weighted by Crippen LogP contribution is -2.53. The highest BCUT2D eigenvalue weighted by Crippen LogP contribution is 2.34. The molecule has 4 heteroatoms. The maximum Gasteiger partial charge on any atom is 0.230 e. The van der Waals surface area contributed by atoms with E-state index >= 15 is 0 Å². The predicted octanol–water partition coefficient (Wildman–Crippen LogP) is 1.14. The normalized spacial score (nSPS) is 30.4. The molecule has 1 amide bonds. The summed E-state index contributed by atoms with van der Waals surface area (Å²) in [5.41, 5.74) is -0.171. The Bertz CT molecular complexity index is 274. The van der Waals surface area contributed by atoms with Crippen molar-refractivity contribution in [3.63, 3.8) is 0 Å². The Hall–Kier alpha value is -0.610. The second-order valence-electron chi connectivity index (χ2n) is 5.83. The predicted molar refractivity (Wildman–Crippen MR) is 71.3 cm³/mol. The summed E-state index contributed by atoms with van der Waals surface area (Å²) in [6, 6.07) is 0. The molecule has 2 aliphatic rings. The van der Waals surface area contributed by atoms with Crippen molar-refractivity contribution in [2.24, 2.45) is 5.41 Å². The third-order valence-electron chi connectivity index (χ3n) is 4.41. The molecule has 2 saturated heterocycles. The largest absolute Gasteiger partial charge is 0.393 e. The van der Waals surface area contributed by atoms with E-state index in [1.807, 2.05) is 4.90 Å². The van der Waals surface area contributed by atoms with Crippen molar-refractivity contribution in [2.45, 2.75) is 51.6 Å². The maximum atomic E-state index is 12.8. The fraction of sp³-hybridized carbons (Fsp3) is 0.929. The molecule has 104 valence electrons. The molecular formula is C14H26N2O2. The fourth-order valence-corrected chi connectivity index (χ4v) is 3.35. The lowest BCUT2D eigenvalue weighted by molar-refractivity contribution is -0.146. The molecule has 0 spiro atoms. The van der Waals surface area contributed by atoms with Gasteiger partial charge in [0.2, 0.25) is 5.91 Å². The SMILES string of the molecule is CCCC1(C(=O)N2CCC(O)CC2)CCCNC1. The fourth-order valence-electron chi connectivity index (χ4n) is 3.35. The van der Waals surface area contributed by atoms with Gasteiger partial charge in [0.1, 0.15) is 0 Å². The third-order valence-corrected chi connectivity index (χ3v) is 4.41. The maximum absolute atomic E-state index is 12.8. The Morgan fingerprint density at radius 3 is 2.72 bits per heavy atom. The van der Waals surface area contributed by atoms with Gasteiger partial charge in [-0.1, -0.05) is 13.3 Å². The van der Waals surface area contributed by atoms with Crippen LogP contribution in [0.25, 0.3) is 0 Å². The van der Waals surface area contributed by atoms with E-state index in [2.05, 4.69) is 12.2 Å². The van der Waals surface area contributed by atoms with Gasteiger partial charge in [0, 0.05) is 19.6 Å². The summed E-state index contributed by atoms with van der Waals surface area (Å²) in [5, 5.41) is 12.9. The van der Waals surface area contributed by atoms with Crippen molar-refractivity contribution in [2.75, 3.05) is 26.2 Å². The molecule has 0 aliphatic carbocycles. The number of carbonyl (C=O) groups is 1. The number of nitrogens with one attached hydrogen (secondary N) is 1. The minimum Gasteiger partial charge on any atom is -0.393 e. The molecule has 0 radical (unpaired) electrons. The standard InChI is InChI=1S/C14H26N2O2/c1-2-6-14(7-3-8-15-11-14)13(18)16-9-4-12(17)5-10-16/h12,15,17H,2-11H2,1H3. The summed E-state index contributed by atoms with van der Waals surface area (Å²) < 4.78 is 0. The molecule has 4 nitrogen and oxygen atoms in total. The number of carbonyl (C=O) groups excluding carboxylic acids is 1. The third kappa shape index (κ3) is 2.86. The number of rotatable bonds is 3. The van der Waals surface area contributed by atoms with Crippen molar-refractivity contribution < 1.29 is 9.90 Å². The summed E-state index contributed by atoms with van der Waals surface area (Å²) in [7, 11) is 0. The van der Waals surface area contributed by atoms with Gasteiger partial charge in [-0.05, 0) is 38.6 Å². The molecule has 2 fully saturated rings. The number of likely N-dealkylation sites (tertiary alicyclic amines) is 1. The molecule has 0 aromatic rings. The Labute approximate surface area is 110 Å². The highest BCUT2D eigenvalue weighted by atomic mass is 16.3. The Morgan fingerprint density at radius 2 is 2.17 bits per heavy atom. The zero-order valence-electron chi connectivity index (χ0n) is 11.5. The zero-order chi connectivity index (χ0) is 13.0. The van der Waals surface area contributed by atoms with E-state index in [0.29, 0.717) is 5.91 Å². The van der Waals surface area contributed by atoms with Crippen LogP contribution in [0.15, 0.2) is 0 Å². The van der Waals surface area contributed by atoms with Crippen LogP contribution in [-0.2, 0) is 4.79 Å². The van der Waals surface area contributed by atoms with Gasteiger partial charge >= 0.3 is 0 Å². The quantitative estimate of drug-likeness (QED) is 0.794. The van der Waals surface area contributed by atoms with Crippen LogP contribution in [0.2, 0.25) is 0 Å². The topological polar surface area (TPSA) is 52.6 Å². The number of amides is 1. The minimum atomic E-state index is -0.208. The molecule has 0 saturated carbocycles. The van der Waals surface area contributed by atoms with Crippen LogP contribution in [0, 0.1) is 5.41 Å². The summed E-state index contributed by atoms with van der Waals surface area (Å²) >= 11 is 0. The number of aliphatic hydroxyl groups is 1. The van der Waals surface area contributed by atoms with Crippen LogP contribution < -0.4 is 5.32 Å². The van der Waals surface area contributed by atoms with E-state index < -0.39 is 0 Å². The Kier molecular flexibility index (Phi) is 4.62. The van der Waals surface area contributed by atoms with Crippen molar-refractivity contribution in [1.29, 1.82) is 0 Å². The van der Waals surface area contributed by atoms with Gasteiger partial charge < -0.3 is 15.3 Å². The number of hydrogen-bond donors (Lipinski definition) is 2. The first kappa shape index (κ1) is 13.8. The van der Waals surface area contributed by atoms with Crippen LogP contribution in [0.3, 0.4) is 0 Å². The van der Waals surface area contributed by atoms with E-state index in [1.54, 1.807) is 0 Å². The molecule has 18 heavy (non-hydrogen) atoms. The van der Waals surface area contributed by atoms with Crippen molar-refractivity contribution >= 4 is 5.91 Å². The summed E-state index contributed by atoms with van der Waals surface area (Å²) in [6.07, 6.45) is 5.43. The molecule has 0 bridgehead atoms. The van der Waals surface area contributed by atoms with Crippen LogP contribution in [0.1, 0.15) is 45.4 Å². The van der Waals surface area contributed by atoms with E-state index in [9.17, 15) is 9.90 Å². The first-order chi connectivity index (χ1) is 8.68. The Morgan fingerprint density at radius 1 is 1.44 bits per heavy atom. The highest BCUT2D eigenvalue weighted by Gasteiger charge is 2.41. The summed E-state index contributed by atoms with van der Waals surface area (Å²) in [4.78, 5) is 14.8. The average molecular weight is 254 g/mol. The molecule has 1 atom stereocenters. The lowest BCUT2D eigenvalue weighted by atomic mass is 9.75. The van der Waals surface area contributed by atoms with Crippen molar-refractivity contribution in [3.8, 4) is 0 Å². The summed E-state index contributed by atoms with van der Waals surface area (Å²) in [5.74, 6) is 0.323. The molecule has 1 unspecified atom stereocenters. The zero-order valence-corrected chi connectivity index (χ0v) is 11.5. The van der Waals surface area contributed by atoms with Gasteiger partial charge in [0.05, 0.1) is 11.5 Å². The molecule has 0 aromatic heterocycles. The first-order valence-electron chi connectivity index (χ1n) is 7.36. The molecule has 2 aliphatic heterocycles.